The molecule has 0 saturated carbocycles. The number of ether oxygens (including phenoxy) is 1. The second kappa shape index (κ2) is 5.35. The molecular weight excluding hydrogens is 264 g/mol. The van der Waals surface area contributed by atoms with Gasteiger partial charge in [0.05, 0.1) is 12.8 Å². The monoisotopic (exact) mass is 286 g/mol. The van der Waals surface area contributed by atoms with Crippen molar-refractivity contribution in [3.8, 4) is 17.0 Å². The van der Waals surface area contributed by atoms with E-state index in [9.17, 15) is 4.79 Å². The summed E-state index contributed by atoms with van der Waals surface area (Å²) in [5, 5.41) is 0. The van der Waals surface area contributed by atoms with Crippen molar-refractivity contribution < 1.29 is 4.74 Å². The van der Waals surface area contributed by atoms with E-state index in [-0.39, 0.29) is 11.0 Å². The van der Waals surface area contributed by atoms with Gasteiger partial charge in [0.2, 0.25) is 0 Å². The quantitative estimate of drug-likeness (QED) is 0.921. The molecule has 0 fully saturated rings. The van der Waals surface area contributed by atoms with Crippen LogP contribution < -0.4 is 10.3 Å². The topological polar surface area (TPSA) is 55.0 Å². The first-order chi connectivity index (χ1) is 9.72. The van der Waals surface area contributed by atoms with Crippen LogP contribution in [-0.2, 0) is 5.41 Å². The van der Waals surface area contributed by atoms with E-state index in [1.165, 1.54) is 0 Å². The van der Waals surface area contributed by atoms with Crippen molar-refractivity contribution >= 4 is 0 Å². The Morgan fingerprint density at radius 2 is 1.76 bits per heavy atom. The molecule has 2 aromatic rings. The van der Waals surface area contributed by atoms with Gasteiger partial charge in [-0.15, -0.1) is 0 Å². The maximum absolute atomic E-state index is 11.9. The highest BCUT2D eigenvalue weighted by Gasteiger charge is 2.18. The zero-order valence-electron chi connectivity index (χ0n) is 13.5. The number of benzene rings is 1. The number of H-pyrrole nitrogens is 1. The molecule has 2 rings (SSSR count). The standard InChI is InChI=1S/C17H22N2O2/c1-10-8-14(21-6)11(2)7-12(10)13-9-15(20)19-16(18-13)17(3,4)5/h7-9H,1-6H3,(H,18,19,20). The fourth-order valence-electron chi connectivity index (χ4n) is 2.24. The van der Waals surface area contributed by atoms with E-state index in [0.717, 1.165) is 22.4 Å². The van der Waals surface area contributed by atoms with Crippen molar-refractivity contribution in [2.24, 2.45) is 0 Å². The molecular formula is C17H22N2O2. The van der Waals surface area contributed by atoms with Crippen LogP contribution in [0.2, 0.25) is 0 Å². The summed E-state index contributed by atoms with van der Waals surface area (Å²) in [5.74, 6) is 1.54. The number of nitrogens with one attached hydrogen (secondary N) is 1. The molecule has 0 amide bonds. The summed E-state index contributed by atoms with van der Waals surface area (Å²) in [4.78, 5) is 19.4. The van der Waals surface area contributed by atoms with Gasteiger partial charge in [-0.2, -0.15) is 0 Å². The van der Waals surface area contributed by atoms with E-state index in [4.69, 9.17) is 4.74 Å². The van der Waals surface area contributed by atoms with Crippen molar-refractivity contribution in [1.82, 2.24) is 9.97 Å². The fraction of sp³-hybridized carbons (Fsp3) is 0.412. The van der Waals surface area contributed by atoms with Crippen LogP contribution in [-0.4, -0.2) is 17.1 Å². The highest BCUT2D eigenvalue weighted by atomic mass is 16.5. The lowest BCUT2D eigenvalue weighted by Crippen LogP contribution is -2.22. The molecule has 1 N–H and O–H groups in total. The number of nitrogens with zero attached hydrogens (tertiary/aromatic N) is 1. The van der Waals surface area contributed by atoms with E-state index >= 15 is 0 Å². The van der Waals surface area contributed by atoms with Gasteiger partial charge in [-0.25, -0.2) is 4.98 Å². The molecule has 1 aromatic heterocycles. The molecule has 0 spiro atoms. The number of aromatic nitrogens is 2. The summed E-state index contributed by atoms with van der Waals surface area (Å²) < 4.78 is 5.33. The number of hydrogen-bond acceptors (Lipinski definition) is 3. The van der Waals surface area contributed by atoms with Crippen LogP contribution in [0.4, 0.5) is 0 Å². The first-order valence-corrected chi connectivity index (χ1v) is 7.00. The predicted molar refractivity (Wildman–Crippen MR) is 85.0 cm³/mol. The maximum atomic E-state index is 11.9. The summed E-state index contributed by atoms with van der Waals surface area (Å²) in [5.41, 5.74) is 3.40. The van der Waals surface area contributed by atoms with Gasteiger partial charge in [-0.1, -0.05) is 20.8 Å². The lowest BCUT2D eigenvalue weighted by Gasteiger charge is -2.18. The zero-order chi connectivity index (χ0) is 15.8. The smallest absolute Gasteiger partial charge is 0.251 e. The van der Waals surface area contributed by atoms with Crippen molar-refractivity contribution in [3.05, 3.63) is 45.5 Å². The summed E-state index contributed by atoms with van der Waals surface area (Å²) >= 11 is 0. The van der Waals surface area contributed by atoms with E-state index in [2.05, 4.69) is 9.97 Å². The molecule has 0 aliphatic heterocycles. The van der Waals surface area contributed by atoms with E-state index < -0.39 is 0 Å². The Labute approximate surface area is 125 Å². The van der Waals surface area contributed by atoms with Crippen molar-refractivity contribution in [2.45, 2.75) is 40.0 Å². The third-order valence-electron chi connectivity index (χ3n) is 3.47. The number of methoxy groups -OCH3 is 1. The molecule has 0 radical (unpaired) electrons. The Balaban J connectivity index is 2.65. The largest absolute Gasteiger partial charge is 0.496 e. The molecule has 0 atom stereocenters. The van der Waals surface area contributed by atoms with Crippen LogP contribution >= 0.6 is 0 Å². The van der Waals surface area contributed by atoms with Gasteiger partial charge in [0.15, 0.2) is 0 Å². The Morgan fingerprint density at radius 3 is 2.33 bits per heavy atom. The number of hydrogen-bond donors (Lipinski definition) is 1. The van der Waals surface area contributed by atoms with Gasteiger partial charge in [0, 0.05) is 17.0 Å². The molecule has 0 aliphatic carbocycles. The average Bonchev–Trinajstić information content (AvgIpc) is 2.39. The Bertz CT molecular complexity index is 725. The van der Waals surface area contributed by atoms with Crippen LogP contribution in [0, 0.1) is 13.8 Å². The van der Waals surface area contributed by atoms with Crippen LogP contribution in [0.5, 0.6) is 5.75 Å². The predicted octanol–water partition coefficient (Wildman–Crippen LogP) is 3.36. The van der Waals surface area contributed by atoms with Crippen LogP contribution in [0.3, 0.4) is 0 Å². The first kappa shape index (κ1) is 15.3. The van der Waals surface area contributed by atoms with Crippen molar-refractivity contribution in [2.75, 3.05) is 7.11 Å². The van der Waals surface area contributed by atoms with Gasteiger partial charge >= 0.3 is 0 Å². The van der Waals surface area contributed by atoms with Gasteiger partial charge in [0.1, 0.15) is 11.6 Å². The Morgan fingerprint density at radius 1 is 1.10 bits per heavy atom. The van der Waals surface area contributed by atoms with E-state index in [0.29, 0.717) is 11.5 Å². The van der Waals surface area contributed by atoms with Crippen LogP contribution in [0.1, 0.15) is 37.7 Å². The molecule has 0 aliphatic rings. The molecule has 0 bridgehead atoms. The molecule has 112 valence electrons. The normalized spacial score (nSPS) is 11.5. The minimum atomic E-state index is -0.204. The van der Waals surface area contributed by atoms with E-state index in [1.807, 2.05) is 46.8 Å². The first-order valence-electron chi connectivity index (χ1n) is 7.00. The number of rotatable bonds is 2. The molecule has 4 heteroatoms. The van der Waals surface area contributed by atoms with Gasteiger partial charge in [0.25, 0.3) is 5.56 Å². The van der Waals surface area contributed by atoms with Gasteiger partial charge in [-0.3, -0.25) is 4.79 Å². The minimum Gasteiger partial charge on any atom is -0.496 e. The van der Waals surface area contributed by atoms with Crippen LogP contribution in [0.15, 0.2) is 23.0 Å². The lowest BCUT2D eigenvalue weighted by molar-refractivity contribution is 0.411. The maximum Gasteiger partial charge on any atom is 0.251 e. The zero-order valence-corrected chi connectivity index (χ0v) is 13.5. The summed E-state index contributed by atoms with van der Waals surface area (Å²) in [7, 11) is 1.66. The number of aromatic amines is 1. The highest BCUT2D eigenvalue weighted by molar-refractivity contribution is 5.66. The third kappa shape index (κ3) is 3.15. The van der Waals surface area contributed by atoms with Crippen molar-refractivity contribution in [1.29, 1.82) is 0 Å². The Hall–Kier alpha value is -2.10. The SMILES string of the molecule is COc1cc(C)c(-c2cc(=O)[nH]c(C(C)(C)C)n2)cc1C. The molecule has 21 heavy (non-hydrogen) atoms. The second-order valence-electron chi connectivity index (χ2n) is 6.37. The van der Waals surface area contributed by atoms with Crippen LogP contribution in [0.25, 0.3) is 11.3 Å². The second-order valence-corrected chi connectivity index (χ2v) is 6.37. The number of aryl methyl sites for hydroxylation is 2. The minimum absolute atomic E-state index is 0.127. The summed E-state index contributed by atoms with van der Waals surface area (Å²) in [6.45, 7) is 10.1. The highest BCUT2D eigenvalue weighted by Crippen LogP contribution is 2.29. The van der Waals surface area contributed by atoms with E-state index in [1.54, 1.807) is 13.2 Å². The molecule has 1 heterocycles. The Kier molecular flexibility index (Phi) is 3.90. The van der Waals surface area contributed by atoms with Gasteiger partial charge in [-0.05, 0) is 37.1 Å². The lowest BCUT2D eigenvalue weighted by atomic mass is 9.95. The van der Waals surface area contributed by atoms with Gasteiger partial charge < -0.3 is 9.72 Å². The molecule has 1 aromatic carbocycles. The average molecular weight is 286 g/mol. The third-order valence-corrected chi connectivity index (χ3v) is 3.47. The fourth-order valence-corrected chi connectivity index (χ4v) is 2.24. The summed E-state index contributed by atoms with van der Waals surface area (Å²) in [6, 6.07) is 5.54. The molecule has 0 saturated heterocycles. The molecule has 0 unspecified atom stereocenters. The van der Waals surface area contributed by atoms with Crippen molar-refractivity contribution in [3.63, 3.8) is 0 Å². The summed E-state index contributed by atoms with van der Waals surface area (Å²) in [6.07, 6.45) is 0. The molecule has 4 nitrogen and oxygen atoms in total.